The fourth-order valence-corrected chi connectivity index (χ4v) is 3.85. The Morgan fingerprint density at radius 2 is 2.12 bits per heavy atom. The molecule has 130 valence electrons. The molecule has 2 amide bonds. The van der Waals surface area contributed by atoms with E-state index in [0.717, 1.165) is 25.7 Å². The highest BCUT2D eigenvalue weighted by atomic mass is 35.5. The predicted octanol–water partition coefficient (Wildman–Crippen LogP) is 3.42. The second kappa shape index (κ2) is 6.71. The van der Waals surface area contributed by atoms with Gasteiger partial charge in [0.05, 0.1) is 0 Å². The summed E-state index contributed by atoms with van der Waals surface area (Å²) in [6, 6.07) is 4.32. The average Bonchev–Trinajstić information content (AvgIpc) is 3.13. The molecule has 1 aromatic rings. The highest BCUT2D eigenvalue weighted by Crippen LogP contribution is 2.34. The fourth-order valence-electron chi connectivity index (χ4n) is 3.63. The molecule has 1 aromatic carbocycles. The summed E-state index contributed by atoms with van der Waals surface area (Å²) in [4.78, 5) is 26.7. The summed E-state index contributed by atoms with van der Waals surface area (Å²) in [6.45, 7) is 2.02. The van der Waals surface area contributed by atoms with Crippen molar-refractivity contribution < 1.29 is 14.0 Å². The number of halogens is 2. The summed E-state index contributed by atoms with van der Waals surface area (Å²) < 4.78 is 13.2. The number of nitrogens with zero attached hydrogens (tertiary/aromatic N) is 1. The van der Waals surface area contributed by atoms with Crippen LogP contribution >= 0.6 is 11.6 Å². The minimum Gasteiger partial charge on any atom is -0.351 e. The molecule has 0 radical (unpaired) electrons. The van der Waals surface area contributed by atoms with Gasteiger partial charge < -0.3 is 10.2 Å². The van der Waals surface area contributed by atoms with Crippen LogP contribution in [0.5, 0.6) is 0 Å². The highest BCUT2D eigenvalue weighted by molar-refractivity contribution is 6.31. The first-order valence-corrected chi connectivity index (χ1v) is 8.83. The van der Waals surface area contributed by atoms with Crippen LogP contribution in [0.15, 0.2) is 18.2 Å². The summed E-state index contributed by atoms with van der Waals surface area (Å²) in [5.74, 6) is -0.587. The number of likely N-dealkylation sites (tertiary alicyclic amines) is 1. The Bertz CT molecular complexity index is 660. The van der Waals surface area contributed by atoms with Gasteiger partial charge in [-0.25, -0.2) is 4.39 Å². The number of hydrogen-bond acceptors (Lipinski definition) is 2. The molecule has 1 heterocycles. The lowest BCUT2D eigenvalue weighted by atomic mass is 9.96. The highest BCUT2D eigenvalue weighted by Gasteiger charge is 2.47. The molecule has 2 aliphatic rings. The van der Waals surface area contributed by atoms with E-state index in [1.165, 1.54) is 12.1 Å². The van der Waals surface area contributed by atoms with E-state index < -0.39 is 11.4 Å². The van der Waals surface area contributed by atoms with E-state index in [0.29, 0.717) is 18.4 Å². The number of amides is 2. The Labute approximate surface area is 146 Å². The van der Waals surface area contributed by atoms with Crippen LogP contribution in [0, 0.1) is 5.82 Å². The van der Waals surface area contributed by atoms with Gasteiger partial charge in [-0.1, -0.05) is 30.5 Å². The quantitative estimate of drug-likeness (QED) is 0.902. The molecule has 1 saturated carbocycles. The Morgan fingerprint density at radius 3 is 2.79 bits per heavy atom. The Balaban J connectivity index is 1.78. The SMILES string of the molecule is CC1(C(=O)NC2CCCC2)CCC(=O)N1Cc1ccc(F)cc1Cl. The van der Waals surface area contributed by atoms with Crippen molar-refractivity contribution in [2.45, 2.75) is 63.6 Å². The first-order valence-electron chi connectivity index (χ1n) is 8.45. The van der Waals surface area contributed by atoms with Crippen LogP contribution < -0.4 is 5.32 Å². The molecule has 1 N–H and O–H groups in total. The molecule has 6 heteroatoms. The molecule has 0 aromatic heterocycles. The summed E-state index contributed by atoms with van der Waals surface area (Å²) in [6.07, 6.45) is 5.10. The second-order valence-electron chi connectivity index (χ2n) is 6.94. The van der Waals surface area contributed by atoms with Gasteiger partial charge in [-0.15, -0.1) is 0 Å². The van der Waals surface area contributed by atoms with Gasteiger partial charge in [0, 0.05) is 24.0 Å². The van der Waals surface area contributed by atoms with Crippen LogP contribution in [-0.2, 0) is 16.1 Å². The summed E-state index contributed by atoms with van der Waals surface area (Å²) >= 11 is 6.09. The third kappa shape index (κ3) is 3.27. The van der Waals surface area contributed by atoms with Crippen molar-refractivity contribution in [2.75, 3.05) is 0 Å². The third-order valence-electron chi connectivity index (χ3n) is 5.25. The predicted molar refractivity (Wildman–Crippen MR) is 90.0 cm³/mol. The van der Waals surface area contributed by atoms with Crippen LogP contribution in [0.2, 0.25) is 5.02 Å². The minimum atomic E-state index is -0.878. The number of benzene rings is 1. The molecular formula is C18H22ClFN2O2. The van der Waals surface area contributed by atoms with Crippen molar-refractivity contribution >= 4 is 23.4 Å². The van der Waals surface area contributed by atoms with Crippen molar-refractivity contribution in [3.8, 4) is 0 Å². The summed E-state index contributed by atoms with van der Waals surface area (Å²) in [7, 11) is 0. The standard InChI is InChI=1S/C18H22ClFN2O2/c1-18(17(24)21-14-4-2-3-5-14)9-8-16(23)22(18)11-12-6-7-13(20)10-15(12)19/h6-7,10,14H,2-5,8-9,11H2,1H3,(H,21,24). The molecule has 0 bridgehead atoms. The van der Waals surface area contributed by atoms with Gasteiger partial charge in [-0.05, 0) is 43.9 Å². The second-order valence-corrected chi connectivity index (χ2v) is 7.35. The fraction of sp³-hybridized carbons (Fsp3) is 0.556. The Kier molecular flexibility index (Phi) is 4.81. The van der Waals surface area contributed by atoms with Crippen molar-refractivity contribution in [2.24, 2.45) is 0 Å². The normalized spacial score (nSPS) is 24.6. The largest absolute Gasteiger partial charge is 0.351 e. The lowest BCUT2D eigenvalue weighted by Gasteiger charge is -2.35. The number of rotatable bonds is 4. The molecule has 3 rings (SSSR count). The van der Waals surface area contributed by atoms with Crippen molar-refractivity contribution in [1.82, 2.24) is 10.2 Å². The summed E-state index contributed by atoms with van der Waals surface area (Å²) in [5, 5.41) is 3.37. The maximum absolute atomic E-state index is 13.2. The minimum absolute atomic E-state index is 0.0699. The molecule has 1 atom stereocenters. The van der Waals surface area contributed by atoms with Crippen LogP contribution in [0.3, 0.4) is 0 Å². The van der Waals surface area contributed by atoms with Gasteiger partial charge in [-0.2, -0.15) is 0 Å². The first kappa shape index (κ1) is 17.2. The maximum atomic E-state index is 13.2. The van der Waals surface area contributed by atoms with Gasteiger partial charge in [0.25, 0.3) is 0 Å². The van der Waals surface area contributed by atoms with Crippen molar-refractivity contribution in [1.29, 1.82) is 0 Å². The van der Waals surface area contributed by atoms with Crippen molar-refractivity contribution in [3.05, 3.63) is 34.6 Å². The zero-order valence-corrected chi connectivity index (χ0v) is 14.5. The van der Waals surface area contributed by atoms with Crippen LogP contribution in [-0.4, -0.2) is 28.3 Å². The Morgan fingerprint density at radius 1 is 1.42 bits per heavy atom. The topological polar surface area (TPSA) is 49.4 Å². The van der Waals surface area contributed by atoms with Gasteiger partial charge >= 0.3 is 0 Å². The number of hydrogen-bond donors (Lipinski definition) is 1. The van der Waals surface area contributed by atoms with E-state index in [9.17, 15) is 14.0 Å². The third-order valence-corrected chi connectivity index (χ3v) is 5.60. The van der Waals surface area contributed by atoms with Gasteiger partial charge in [-0.3, -0.25) is 9.59 Å². The van der Waals surface area contributed by atoms with E-state index in [1.807, 2.05) is 0 Å². The van der Waals surface area contributed by atoms with Gasteiger partial charge in [0.2, 0.25) is 11.8 Å². The molecule has 1 saturated heterocycles. The molecule has 2 fully saturated rings. The average molecular weight is 353 g/mol. The molecule has 1 aliphatic carbocycles. The zero-order chi connectivity index (χ0) is 17.3. The monoisotopic (exact) mass is 352 g/mol. The molecule has 1 aliphatic heterocycles. The lowest BCUT2D eigenvalue weighted by molar-refractivity contribution is -0.141. The van der Waals surface area contributed by atoms with Crippen molar-refractivity contribution in [3.63, 3.8) is 0 Å². The van der Waals surface area contributed by atoms with Gasteiger partial charge in [0.1, 0.15) is 11.4 Å². The maximum Gasteiger partial charge on any atom is 0.245 e. The van der Waals surface area contributed by atoms with Crippen LogP contribution in [0.1, 0.15) is 51.0 Å². The van der Waals surface area contributed by atoms with Gasteiger partial charge in [0.15, 0.2) is 0 Å². The zero-order valence-electron chi connectivity index (χ0n) is 13.8. The lowest BCUT2D eigenvalue weighted by Crippen LogP contribution is -2.55. The molecular weight excluding hydrogens is 331 g/mol. The van der Waals surface area contributed by atoms with Crippen LogP contribution in [0.4, 0.5) is 4.39 Å². The van der Waals surface area contributed by atoms with E-state index in [4.69, 9.17) is 11.6 Å². The molecule has 24 heavy (non-hydrogen) atoms. The first-order chi connectivity index (χ1) is 11.4. The van der Waals surface area contributed by atoms with Crippen LogP contribution in [0.25, 0.3) is 0 Å². The number of carbonyl (C=O) groups is 2. The van der Waals surface area contributed by atoms with E-state index >= 15 is 0 Å². The molecule has 0 spiro atoms. The molecule has 1 unspecified atom stereocenters. The Hall–Kier alpha value is -1.62. The van der Waals surface area contributed by atoms with E-state index in [-0.39, 0.29) is 29.4 Å². The summed E-state index contributed by atoms with van der Waals surface area (Å²) in [5.41, 5.74) is -0.231. The number of carbonyl (C=O) groups excluding carboxylic acids is 2. The smallest absolute Gasteiger partial charge is 0.245 e. The van der Waals surface area contributed by atoms with E-state index in [2.05, 4.69) is 5.32 Å². The van der Waals surface area contributed by atoms with E-state index in [1.54, 1.807) is 17.9 Å². The molecule has 4 nitrogen and oxygen atoms in total. The number of nitrogens with one attached hydrogen (secondary N) is 1.